The Morgan fingerprint density at radius 1 is 1.00 bits per heavy atom. The lowest BCUT2D eigenvalue weighted by atomic mass is 9.81. The standard InChI is InChI=1S/C20H29N3O/c1-13-5-3-6-14(2)19(13)22-20(24)21-15-11-17-7-4-8-18(12-15)23(17)16-9-10-16/h3,5-6,15-18H,4,7-12H2,1-2H3,(H2,21,22,24)/p+1/t17-,18-/m1/s1. The molecule has 3 fully saturated rings. The predicted molar refractivity (Wildman–Crippen MR) is 96.5 cm³/mol. The van der Waals surface area contributed by atoms with Crippen LogP contribution in [0.1, 0.15) is 56.1 Å². The number of para-hydroxylation sites is 1. The summed E-state index contributed by atoms with van der Waals surface area (Å²) in [4.78, 5) is 14.4. The van der Waals surface area contributed by atoms with Crippen molar-refractivity contribution in [2.75, 3.05) is 5.32 Å². The zero-order valence-corrected chi connectivity index (χ0v) is 14.9. The van der Waals surface area contributed by atoms with Crippen LogP contribution in [0.25, 0.3) is 0 Å². The molecule has 0 unspecified atom stereocenters. The van der Waals surface area contributed by atoms with E-state index in [-0.39, 0.29) is 6.03 Å². The molecule has 0 radical (unpaired) electrons. The molecule has 2 saturated heterocycles. The molecule has 1 aromatic carbocycles. The number of carbonyl (C=O) groups is 1. The second-order valence-electron chi connectivity index (χ2n) is 8.13. The van der Waals surface area contributed by atoms with E-state index in [1.54, 1.807) is 0 Å². The number of hydrogen-bond donors (Lipinski definition) is 3. The molecule has 0 aromatic heterocycles. The predicted octanol–water partition coefficient (Wildman–Crippen LogP) is 2.56. The van der Waals surface area contributed by atoms with E-state index in [1.165, 1.54) is 32.1 Å². The number of carbonyl (C=O) groups excluding carboxylic acids is 1. The molecule has 4 nitrogen and oxygen atoms in total. The number of quaternary nitrogens is 1. The highest BCUT2D eigenvalue weighted by Gasteiger charge is 2.48. The number of rotatable bonds is 3. The van der Waals surface area contributed by atoms with Gasteiger partial charge in [0.1, 0.15) is 0 Å². The number of benzene rings is 1. The van der Waals surface area contributed by atoms with Crippen LogP contribution in [-0.2, 0) is 0 Å². The van der Waals surface area contributed by atoms with E-state index in [9.17, 15) is 4.79 Å². The van der Waals surface area contributed by atoms with Crippen molar-refractivity contribution in [1.29, 1.82) is 0 Å². The van der Waals surface area contributed by atoms with E-state index in [0.717, 1.165) is 47.8 Å². The van der Waals surface area contributed by atoms with Gasteiger partial charge in [-0.25, -0.2) is 4.79 Å². The van der Waals surface area contributed by atoms with Crippen LogP contribution in [0, 0.1) is 13.8 Å². The molecule has 130 valence electrons. The highest BCUT2D eigenvalue weighted by molar-refractivity contribution is 5.91. The molecule has 1 aromatic rings. The van der Waals surface area contributed by atoms with Gasteiger partial charge in [0, 0.05) is 37.4 Å². The van der Waals surface area contributed by atoms with Crippen LogP contribution >= 0.6 is 0 Å². The van der Waals surface area contributed by atoms with E-state index in [0.29, 0.717) is 6.04 Å². The summed E-state index contributed by atoms with van der Waals surface area (Å²) >= 11 is 0. The largest absolute Gasteiger partial charge is 0.335 e. The average Bonchev–Trinajstić information content (AvgIpc) is 3.35. The summed E-state index contributed by atoms with van der Waals surface area (Å²) in [5, 5.41) is 6.35. The Bertz CT molecular complexity index is 591. The Morgan fingerprint density at radius 3 is 2.21 bits per heavy atom. The maximum absolute atomic E-state index is 12.5. The highest BCUT2D eigenvalue weighted by Crippen LogP contribution is 2.27. The normalized spacial score (nSPS) is 32.2. The molecule has 24 heavy (non-hydrogen) atoms. The van der Waals surface area contributed by atoms with Gasteiger partial charge in [-0.3, -0.25) is 0 Å². The second kappa shape index (κ2) is 6.40. The van der Waals surface area contributed by atoms with Gasteiger partial charge >= 0.3 is 6.03 Å². The van der Waals surface area contributed by atoms with Crippen molar-refractivity contribution in [1.82, 2.24) is 5.32 Å². The summed E-state index contributed by atoms with van der Waals surface area (Å²) in [5.41, 5.74) is 3.20. The molecule has 3 aliphatic rings. The first-order valence-corrected chi connectivity index (χ1v) is 9.62. The van der Waals surface area contributed by atoms with Crippen molar-refractivity contribution >= 4 is 11.7 Å². The van der Waals surface area contributed by atoms with E-state index >= 15 is 0 Å². The maximum Gasteiger partial charge on any atom is 0.319 e. The number of hydrogen-bond acceptors (Lipinski definition) is 1. The Balaban J connectivity index is 1.38. The number of piperidine rings is 2. The van der Waals surface area contributed by atoms with Gasteiger partial charge < -0.3 is 15.5 Å². The van der Waals surface area contributed by atoms with E-state index < -0.39 is 0 Å². The third-order valence-electron chi connectivity index (χ3n) is 6.29. The van der Waals surface area contributed by atoms with Crippen LogP contribution in [0.5, 0.6) is 0 Å². The van der Waals surface area contributed by atoms with E-state index in [1.807, 2.05) is 36.9 Å². The minimum Gasteiger partial charge on any atom is -0.335 e. The van der Waals surface area contributed by atoms with Crippen molar-refractivity contribution < 1.29 is 9.69 Å². The Morgan fingerprint density at radius 2 is 1.62 bits per heavy atom. The van der Waals surface area contributed by atoms with Gasteiger partial charge in [-0.1, -0.05) is 18.2 Å². The molecular formula is C20H30N3O+. The Hall–Kier alpha value is -1.55. The third-order valence-corrected chi connectivity index (χ3v) is 6.29. The first-order chi connectivity index (χ1) is 11.6. The monoisotopic (exact) mass is 328 g/mol. The van der Waals surface area contributed by atoms with Crippen molar-refractivity contribution in [3.05, 3.63) is 29.3 Å². The molecule has 4 heteroatoms. The fourth-order valence-electron chi connectivity index (χ4n) is 5.12. The molecule has 2 heterocycles. The fourth-order valence-corrected chi connectivity index (χ4v) is 5.12. The fraction of sp³-hybridized carbons (Fsp3) is 0.650. The van der Waals surface area contributed by atoms with Gasteiger partial charge in [0.25, 0.3) is 0 Å². The zero-order chi connectivity index (χ0) is 16.7. The summed E-state index contributed by atoms with van der Waals surface area (Å²) in [6.45, 7) is 4.09. The van der Waals surface area contributed by atoms with Crippen molar-refractivity contribution in [2.24, 2.45) is 0 Å². The molecule has 2 atom stereocenters. The molecular weight excluding hydrogens is 298 g/mol. The van der Waals surface area contributed by atoms with Gasteiger partial charge in [-0.15, -0.1) is 0 Å². The van der Waals surface area contributed by atoms with Crippen LogP contribution in [-0.4, -0.2) is 30.2 Å². The number of urea groups is 1. The van der Waals surface area contributed by atoms with Gasteiger partial charge in [0.2, 0.25) is 0 Å². The Kier molecular flexibility index (Phi) is 4.25. The number of nitrogens with one attached hydrogen (secondary N) is 3. The lowest BCUT2D eigenvalue weighted by Crippen LogP contribution is -3.22. The number of fused-ring (bicyclic) bond motifs is 2. The molecule has 4 rings (SSSR count). The van der Waals surface area contributed by atoms with Crippen molar-refractivity contribution in [3.63, 3.8) is 0 Å². The minimum atomic E-state index is -0.0367. The first-order valence-electron chi connectivity index (χ1n) is 9.62. The molecule has 0 spiro atoms. The molecule has 1 saturated carbocycles. The summed E-state index contributed by atoms with van der Waals surface area (Å²) in [6.07, 6.45) is 9.23. The van der Waals surface area contributed by atoms with Crippen molar-refractivity contribution in [3.8, 4) is 0 Å². The van der Waals surface area contributed by atoms with Crippen LogP contribution < -0.4 is 15.5 Å². The van der Waals surface area contributed by atoms with Gasteiger partial charge in [0.05, 0.1) is 18.1 Å². The van der Waals surface area contributed by atoms with Crippen LogP contribution in [0.4, 0.5) is 10.5 Å². The van der Waals surface area contributed by atoms with Gasteiger partial charge in [-0.2, -0.15) is 0 Å². The highest BCUT2D eigenvalue weighted by atomic mass is 16.2. The summed E-state index contributed by atoms with van der Waals surface area (Å²) in [5.74, 6) is 0. The minimum absolute atomic E-state index is 0.0367. The molecule has 3 N–H and O–H groups in total. The lowest BCUT2D eigenvalue weighted by molar-refractivity contribution is -0.971. The first kappa shape index (κ1) is 15.9. The third kappa shape index (κ3) is 3.16. The van der Waals surface area contributed by atoms with E-state index in [4.69, 9.17) is 0 Å². The van der Waals surface area contributed by atoms with Gasteiger partial charge in [0.15, 0.2) is 0 Å². The quantitative estimate of drug-likeness (QED) is 0.784. The SMILES string of the molecule is Cc1cccc(C)c1NC(=O)NC1C[C@H]2CCC[C@H](C1)[NH+]2C1CC1. The lowest BCUT2D eigenvalue weighted by Gasteiger charge is -2.46. The summed E-state index contributed by atoms with van der Waals surface area (Å²) in [6, 6.07) is 8.91. The zero-order valence-electron chi connectivity index (χ0n) is 14.9. The topological polar surface area (TPSA) is 45.6 Å². The molecule has 2 amide bonds. The Labute approximate surface area is 145 Å². The van der Waals surface area contributed by atoms with Crippen LogP contribution in [0.15, 0.2) is 18.2 Å². The van der Waals surface area contributed by atoms with Crippen LogP contribution in [0.2, 0.25) is 0 Å². The van der Waals surface area contributed by atoms with Gasteiger partial charge in [-0.05, 0) is 44.2 Å². The number of anilines is 1. The smallest absolute Gasteiger partial charge is 0.319 e. The van der Waals surface area contributed by atoms with Crippen molar-refractivity contribution in [2.45, 2.75) is 83.0 Å². The number of amides is 2. The molecule has 2 aliphatic heterocycles. The average molecular weight is 328 g/mol. The molecule has 2 bridgehead atoms. The molecule has 1 aliphatic carbocycles. The summed E-state index contributed by atoms with van der Waals surface area (Å²) < 4.78 is 0. The summed E-state index contributed by atoms with van der Waals surface area (Å²) in [7, 11) is 0. The van der Waals surface area contributed by atoms with Crippen LogP contribution in [0.3, 0.4) is 0 Å². The second-order valence-corrected chi connectivity index (χ2v) is 8.13. The maximum atomic E-state index is 12.5. The van der Waals surface area contributed by atoms with E-state index in [2.05, 4.69) is 10.6 Å². The number of aryl methyl sites for hydroxylation is 2.